The van der Waals surface area contributed by atoms with Crippen molar-refractivity contribution in [3.63, 3.8) is 0 Å². The minimum atomic E-state index is -2.84. The normalized spacial score (nSPS) is 15.8. The molecule has 0 aliphatic carbocycles. The lowest BCUT2D eigenvalue weighted by molar-refractivity contribution is -0.143. The van der Waals surface area contributed by atoms with E-state index in [2.05, 4.69) is 155 Å². The van der Waals surface area contributed by atoms with Crippen LogP contribution in [-0.2, 0) is 29.6 Å². The minimum Gasteiger partial charge on any atom is -0.299 e. The smallest absolute Gasteiger partial charge is 0.243 e. The van der Waals surface area contributed by atoms with Crippen LogP contribution in [0.5, 0.6) is 0 Å². The average Bonchev–Trinajstić information content (AvgIpc) is 3.33. The summed E-state index contributed by atoms with van der Waals surface area (Å²) in [5, 5.41) is 8.52. The maximum atomic E-state index is 12.2. The lowest BCUT2D eigenvalue weighted by atomic mass is 9.87. The molecule has 1 aliphatic heterocycles. The Morgan fingerprint density at radius 2 is 1.26 bits per heavy atom. The van der Waals surface area contributed by atoms with Crippen molar-refractivity contribution in [3.8, 4) is 6.07 Å². The molecule has 0 aromatic heterocycles. The van der Waals surface area contributed by atoms with Crippen LogP contribution in [0, 0.1) is 22.2 Å². The van der Waals surface area contributed by atoms with Gasteiger partial charge in [-0.3, -0.25) is 19.3 Å². The van der Waals surface area contributed by atoms with Crippen molar-refractivity contribution in [1.82, 2.24) is 4.90 Å². The van der Waals surface area contributed by atoms with Crippen LogP contribution in [0.15, 0.2) is 30.3 Å². The summed E-state index contributed by atoms with van der Waals surface area (Å²) in [7, 11) is -2.84. The van der Waals surface area contributed by atoms with E-state index in [1.165, 1.54) is 10.5 Å². The molecule has 62 heavy (non-hydrogen) atoms. The van der Waals surface area contributed by atoms with Crippen LogP contribution in [0.2, 0.25) is 0 Å². The maximum absolute atomic E-state index is 12.2. The van der Waals surface area contributed by atoms with E-state index >= 15 is 0 Å². The fraction of sp³-hybridized carbons (Fsp3) is 0.760. The zero-order chi connectivity index (χ0) is 49.5. The first kappa shape index (κ1) is 62.7. The summed E-state index contributed by atoms with van der Waals surface area (Å²) >= 11 is 6.77. The summed E-state index contributed by atoms with van der Waals surface area (Å²) in [6.45, 7) is 47.7. The molecule has 1 atom stereocenters. The van der Waals surface area contributed by atoms with E-state index in [0.29, 0.717) is 35.9 Å². The summed E-state index contributed by atoms with van der Waals surface area (Å²) in [5.41, 5.74) is 2.52. The predicted octanol–water partition coefficient (Wildman–Crippen LogP) is 13.9. The summed E-state index contributed by atoms with van der Waals surface area (Å²) in [4.78, 5) is 38.0. The first-order chi connectivity index (χ1) is 27.4. The highest BCUT2D eigenvalue weighted by Gasteiger charge is 2.44. The summed E-state index contributed by atoms with van der Waals surface area (Å²) in [6, 6.07) is 10.7. The molecule has 1 aliphatic rings. The van der Waals surface area contributed by atoms with Crippen molar-refractivity contribution in [3.05, 3.63) is 41.5 Å². The Morgan fingerprint density at radius 1 is 0.774 bits per heavy atom. The van der Waals surface area contributed by atoms with Crippen molar-refractivity contribution >= 4 is 79.4 Å². The Balaban J connectivity index is 0. The monoisotopic (exact) mass is 957 g/mol. The number of benzene rings is 1. The van der Waals surface area contributed by atoms with Gasteiger partial charge in [0.15, 0.2) is 9.84 Å². The van der Waals surface area contributed by atoms with Gasteiger partial charge in [-0.1, -0.05) is 149 Å². The second-order valence-electron chi connectivity index (χ2n) is 23.5. The number of carbonyl (C=O) groups excluding carboxylic acids is 3. The Kier molecular flexibility index (Phi) is 25.8. The van der Waals surface area contributed by atoms with Crippen LogP contribution in [0.3, 0.4) is 0 Å². The number of hydrogen-bond donors (Lipinski definition) is 0. The predicted molar refractivity (Wildman–Crippen MR) is 280 cm³/mol. The molecule has 0 saturated carbocycles. The van der Waals surface area contributed by atoms with E-state index in [1.807, 2.05) is 20.8 Å². The molecule has 1 aromatic rings. The molecule has 1 heterocycles. The number of likely N-dealkylation sites (tertiary alicyclic amines) is 1. The molecule has 1 unspecified atom stereocenters. The highest BCUT2D eigenvalue weighted by molar-refractivity contribution is 8.09. The van der Waals surface area contributed by atoms with Gasteiger partial charge < -0.3 is 0 Å². The van der Waals surface area contributed by atoms with Crippen LogP contribution < -0.4 is 0 Å². The number of thioether (sulfide) groups is 4. The fourth-order valence-electron chi connectivity index (χ4n) is 5.12. The number of nitrogens with zero attached hydrogens (tertiary/aromatic N) is 2. The molecule has 2 amide bonds. The summed E-state index contributed by atoms with van der Waals surface area (Å²) in [6.07, 6.45) is 2.69. The van der Waals surface area contributed by atoms with E-state index in [-0.39, 0.29) is 52.8 Å². The number of sulfone groups is 1. The Hall–Kier alpha value is -1.39. The second-order valence-corrected chi connectivity index (χ2v) is 33.0. The molecular formula is C50H88N2O5S5. The van der Waals surface area contributed by atoms with Crippen molar-refractivity contribution in [2.75, 3.05) is 23.0 Å². The topological polar surface area (TPSA) is 112 Å². The van der Waals surface area contributed by atoms with Gasteiger partial charge in [0.1, 0.15) is 5.78 Å². The van der Waals surface area contributed by atoms with Crippen molar-refractivity contribution in [2.24, 2.45) is 10.8 Å². The lowest BCUT2D eigenvalue weighted by Crippen LogP contribution is -2.46. The van der Waals surface area contributed by atoms with Gasteiger partial charge in [0.2, 0.25) is 11.8 Å². The molecule has 0 radical (unpaired) electrons. The summed E-state index contributed by atoms with van der Waals surface area (Å²) < 4.78 is 23.3. The zero-order valence-electron chi connectivity index (χ0n) is 43.3. The van der Waals surface area contributed by atoms with Crippen LogP contribution in [0.25, 0.3) is 4.91 Å². The first-order valence-electron chi connectivity index (χ1n) is 21.8. The Bertz CT molecular complexity index is 1730. The second kappa shape index (κ2) is 25.5. The number of rotatable bonds is 11. The van der Waals surface area contributed by atoms with Crippen molar-refractivity contribution in [2.45, 2.75) is 208 Å². The van der Waals surface area contributed by atoms with E-state index in [4.69, 9.17) is 5.26 Å². The third-order valence-corrected chi connectivity index (χ3v) is 16.2. The van der Waals surface area contributed by atoms with E-state index in [0.717, 1.165) is 16.2 Å². The van der Waals surface area contributed by atoms with E-state index in [9.17, 15) is 22.8 Å². The fourth-order valence-corrected chi connectivity index (χ4v) is 10.4. The number of carbonyl (C=O) groups is 3. The van der Waals surface area contributed by atoms with Crippen LogP contribution in [0.4, 0.5) is 0 Å². The molecular weight excluding hydrogens is 869 g/mol. The average molecular weight is 958 g/mol. The highest BCUT2D eigenvalue weighted by atomic mass is 32.2. The van der Waals surface area contributed by atoms with Crippen LogP contribution >= 0.6 is 47.0 Å². The van der Waals surface area contributed by atoms with Gasteiger partial charge in [-0.05, 0) is 67.7 Å². The lowest BCUT2D eigenvalue weighted by Gasteiger charge is -2.30. The first-order valence-corrected chi connectivity index (χ1v) is 27.4. The molecule has 358 valence electrons. The number of imide groups is 1. The third kappa shape index (κ3) is 30.7. The van der Waals surface area contributed by atoms with E-state index in [1.54, 1.807) is 67.0 Å². The SMILES string of the molecule is CC(C)(C)CC(=O)CSC(C)(C)C.CC(C)(C)CSC1CC(=O)N(C(C)(C)C)C1=O.CC(C)(C)SC(=CC#N)c1ccc(C(C)(C)C)cc1.CC(C)S(=O)(=O)CCSC(C)(C)C. The van der Waals surface area contributed by atoms with Gasteiger partial charge in [0.05, 0.1) is 28.1 Å². The largest absolute Gasteiger partial charge is 0.299 e. The standard InChI is InChI=1S/C17H23NS.C13H23NO2S.C11H22OS.C9H20O2S2/c1-16(2,3)14-9-7-13(8-10-14)15(11-12-18)19-17(4,5)6;1-12(2,3)8-17-9-7-10(15)14(11(9)16)13(4,5)6;1-10(2,3)7-9(12)8-13-11(4,5)6;1-8(2)13(10,11)7-6-12-9(3,4)5/h7-11H,1-6H3;9H,7-8H2,1-6H3;7-8H2,1-6H3;8H,6-7H2,1-5H3. The number of allylic oxidation sites excluding steroid dienone is 1. The zero-order valence-corrected chi connectivity index (χ0v) is 47.3. The van der Waals surface area contributed by atoms with Crippen LogP contribution in [0.1, 0.15) is 183 Å². The molecule has 0 N–H and O–H groups in total. The number of nitriles is 1. The van der Waals surface area contributed by atoms with Gasteiger partial charge in [-0.15, -0.1) is 35.3 Å². The van der Waals surface area contributed by atoms with Gasteiger partial charge in [-0.25, -0.2) is 8.42 Å². The van der Waals surface area contributed by atoms with Gasteiger partial charge in [0.25, 0.3) is 0 Å². The van der Waals surface area contributed by atoms with Crippen LogP contribution in [-0.4, -0.2) is 84.2 Å². The Morgan fingerprint density at radius 3 is 1.60 bits per heavy atom. The molecule has 1 fully saturated rings. The molecule has 1 saturated heterocycles. The van der Waals surface area contributed by atoms with Gasteiger partial charge in [0, 0.05) is 49.4 Å². The number of amides is 2. The molecule has 12 heteroatoms. The summed E-state index contributed by atoms with van der Waals surface area (Å²) in [5.74, 6) is 2.87. The molecule has 1 aromatic carbocycles. The number of hydrogen-bond acceptors (Lipinski definition) is 10. The van der Waals surface area contributed by atoms with Crippen molar-refractivity contribution in [1.29, 1.82) is 5.26 Å². The van der Waals surface area contributed by atoms with Crippen molar-refractivity contribution < 1.29 is 22.8 Å². The third-order valence-electron chi connectivity index (χ3n) is 8.16. The molecule has 2 rings (SSSR count). The maximum Gasteiger partial charge on any atom is 0.243 e. The quantitative estimate of drug-likeness (QED) is 0.157. The number of ketones is 1. The Labute approximate surface area is 399 Å². The minimum absolute atomic E-state index is 0.0169. The van der Waals surface area contributed by atoms with Gasteiger partial charge in [-0.2, -0.15) is 17.0 Å². The molecule has 0 spiro atoms. The molecule has 0 bridgehead atoms. The van der Waals surface area contributed by atoms with Gasteiger partial charge >= 0.3 is 0 Å². The highest BCUT2D eigenvalue weighted by Crippen LogP contribution is 2.38. The number of Topliss-reactive ketones (excluding diaryl/α,β-unsaturated/α-hetero) is 1. The van der Waals surface area contributed by atoms with E-state index < -0.39 is 15.4 Å². The molecule has 7 nitrogen and oxygen atoms in total.